The summed E-state index contributed by atoms with van der Waals surface area (Å²) in [6, 6.07) is 7.56. The van der Waals surface area contributed by atoms with Gasteiger partial charge in [-0.05, 0) is 26.0 Å². The number of nitrogens with zero attached hydrogens (tertiary/aromatic N) is 2. The zero-order valence-electron chi connectivity index (χ0n) is 10.7. The van der Waals surface area contributed by atoms with E-state index in [2.05, 4.69) is 20.6 Å². The van der Waals surface area contributed by atoms with Crippen molar-refractivity contribution >= 4 is 17.6 Å². The molecule has 96 valence electrons. The van der Waals surface area contributed by atoms with E-state index in [1.165, 1.54) is 0 Å². The summed E-state index contributed by atoms with van der Waals surface area (Å²) in [5.41, 5.74) is 6.01. The maximum absolute atomic E-state index is 5.70. The summed E-state index contributed by atoms with van der Waals surface area (Å²) in [5, 5.41) is 6.02. The molecule has 2 rings (SSSR count). The third kappa shape index (κ3) is 2.91. The number of methoxy groups -OCH3 is 1. The van der Waals surface area contributed by atoms with E-state index < -0.39 is 5.66 Å². The second kappa shape index (κ2) is 4.56. The fourth-order valence-corrected chi connectivity index (χ4v) is 1.67. The first-order valence-corrected chi connectivity index (χ1v) is 5.62. The molecule has 6 nitrogen and oxygen atoms in total. The molecule has 18 heavy (non-hydrogen) atoms. The molecule has 0 saturated heterocycles. The molecular weight excluding hydrogens is 230 g/mol. The van der Waals surface area contributed by atoms with Crippen LogP contribution in [0.3, 0.4) is 0 Å². The average Bonchev–Trinajstić information content (AvgIpc) is 2.26. The van der Waals surface area contributed by atoms with Gasteiger partial charge in [-0.15, -0.1) is 0 Å². The lowest BCUT2D eigenvalue weighted by Crippen LogP contribution is -2.47. The molecule has 1 aromatic rings. The third-order valence-corrected chi connectivity index (χ3v) is 2.36. The van der Waals surface area contributed by atoms with Gasteiger partial charge in [0.1, 0.15) is 5.75 Å². The molecule has 0 radical (unpaired) electrons. The van der Waals surface area contributed by atoms with E-state index in [1.807, 2.05) is 38.1 Å². The van der Waals surface area contributed by atoms with Crippen molar-refractivity contribution < 1.29 is 4.74 Å². The number of anilines is 1. The number of rotatable bonds is 2. The second-order valence-corrected chi connectivity index (χ2v) is 4.43. The van der Waals surface area contributed by atoms with Crippen LogP contribution in [0, 0.1) is 0 Å². The Morgan fingerprint density at radius 3 is 2.78 bits per heavy atom. The Bertz CT molecular complexity index is 507. The lowest BCUT2D eigenvalue weighted by Gasteiger charge is -2.24. The highest BCUT2D eigenvalue weighted by molar-refractivity contribution is 6.06. The van der Waals surface area contributed by atoms with Gasteiger partial charge in [0.15, 0.2) is 11.6 Å². The lowest BCUT2D eigenvalue weighted by atomic mass is 10.2. The van der Waals surface area contributed by atoms with Crippen molar-refractivity contribution in [1.29, 1.82) is 0 Å². The van der Waals surface area contributed by atoms with Crippen LogP contribution in [0.4, 0.5) is 5.69 Å². The zero-order chi connectivity index (χ0) is 13.2. The molecule has 0 aromatic heterocycles. The van der Waals surface area contributed by atoms with E-state index in [0.717, 1.165) is 11.4 Å². The van der Waals surface area contributed by atoms with Gasteiger partial charge >= 0.3 is 0 Å². The van der Waals surface area contributed by atoms with Gasteiger partial charge in [-0.25, -0.2) is 9.98 Å². The number of hydrogen-bond acceptors (Lipinski definition) is 6. The maximum Gasteiger partial charge on any atom is 0.205 e. The van der Waals surface area contributed by atoms with Gasteiger partial charge in [0.2, 0.25) is 5.96 Å². The normalized spacial score (nSPS) is 17.3. The Balaban J connectivity index is 2.17. The van der Waals surface area contributed by atoms with Gasteiger partial charge in [0.25, 0.3) is 0 Å². The molecule has 0 unspecified atom stereocenters. The van der Waals surface area contributed by atoms with Crippen LogP contribution in [0.5, 0.6) is 5.75 Å². The topological polar surface area (TPSA) is 84.0 Å². The van der Waals surface area contributed by atoms with Crippen molar-refractivity contribution in [3.05, 3.63) is 24.3 Å². The summed E-state index contributed by atoms with van der Waals surface area (Å²) in [6.45, 7) is 3.77. The van der Waals surface area contributed by atoms with Crippen LogP contribution >= 0.6 is 0 Å². The minimum atomic E-state index is -0.559. The number of nitrogens with two attached hydrogens (primary N) is 1. The summed E-state index contributed by atoms with van der Waals surface area (Å²) in [6.07, 6.45) is 0. The molecule has 0 saturated carbocycles. The van der Waals surface area contributed by atoms with Crippen LogP contribution in [-0.4, -0.2) is 24.7 Å². The van der Waals surface area contributed by atoms with Crippen molar-refractivity contribution in [1.82, 2.24) is 5.32 Å². The van der Waals surface area contributed by atoms with Gasteiger partial charge in [-0.2, -0.15) is 0 Å². The Morgan fingerprint density at radius 2 is 2.11 bits per heavy atom. The quantitative estimate of drug-likeness (QED) is 0.731. The Labute approximate surface area is 106 Å². The van der Waals surface area contributed by atoms with Crippen molar-refractivity contribution in [2.24, 2.45) is 15.7 Å². The monoisotopic (exact) mass is 247 g/mol. The van der Waals surface area contributed by atoms with Crippen molar-refractivity contribution in [2.45, 2.75) is 19.5 Å². The van der Waals surface area contributed by atoms with Crippen molar-refractivity contribution in [2.75, 3.05) is 12.4 Å². The van der Waals surface area contributed by atoms with E-state index in [-0.39, 0.29) is 0 Å². The highest BCUT2D eigenvalue weighted by atomic mass is 16.5. The lowest BCUT2D eigenvalue weighted by molar-refractivity contribution is 0.415. The first-order chi connectivity index (χ1) is 8.48. The van der Waals surface area contributed by atoms with Gasteiger partial charge in [-0.3, -0.25) is 5.32 Å². The standard InChI is InChI=1S/C12H17N5O/c1-12(2)16-10(13)15-11(17-12)14-8-5-4-6-9(7-8)18-3/h4-7H,1-3H3,(H4,13,14,15,16,17). The van der Waals surface area contributed by atoms with Crippen molar-refractivity contribution in [3.63, 3.8) is 0 Å². The van der Waals surface area contributed by atoms with E-state index >= 15 is 0 Å². The second-order valence-electron chi connectivity index (χ2n) is 4.43. The van der Waals surface area contributed by atoms with E-state index in [9.17, 15) is 0 Å². The maximum atomic E-state index is 5.70. The SMILES string of the molecule is COc1cccc(NC2=NC(C)(C)N=C(N)N2)c1. The van der Waals surface area contributed by atoms with E-state index in [1.54, 1.807) is 7.11 Å². The highest BCUT2D eigenvalue weighted by Crippen LogP contribution is 2.18. The predicted octanol–water partition coefficient (Wildman–Crippen LogP) is 1.12. The van der Waals surface area contributed by atoms with Crippen LogP contribution in [-0.2, 0) is 0 Å². The Kier molecular flexibility index (Phi) is 3.10. The summed E-state index contributed by atoms with van der Waals surface area (Å²) < 4.78 is 5.16. The summed E-state index contributed by atoms with van der Waals surface area (Å²) in [7, 11) is 1.63. The molecular formula is C12H17N5O. The van der Waals surface area contributed by atoms with Crippen LogP contribution in [0.25, 0.3) is 0 Å². The number of aliphatic imine (C=N–C) groups is 2. The molecule has 1 heterocycles. The number of ether oxygens (including phenoxy) is 1. The van der Waals surface area contributed by atoms with Gasteiger partial charge < -0.3 is 15.8 Å². The fourth-order valence-electron chi connectivity index (χ4n) is 1.67. The molecule has 0 amide bonds. The van der Waals surface area contributed by atoms with Crippen LogP contribution in [0.1, 0.15) is 13.8 Å². The molecule has 6 heteroatoms. The van der Waals surface area contributed by atoms with Gasteiger partial charge in [0, 0.05) is 11.8 Å². The third-order valence-electron chi connectivity index (χ3n) is 2.36. The van der Waals surface area contributed by atoms with Crippen LogP contribution in [0.15, 0.2) is 34.3 Å². The van der Waals surface area contributed by atoms with Crippen LogP contribution < -0.4 is 21.1 Å². The molecule has 0 spiro atoms. The number of benzene rings is 1. The average molecular weight is 247 g/mol. The summed E-state index contributed by atoms with van der Waals surface area (Å²) >= 11 is 0. The minimum absolute atomic E-state index is 0.348. The minimum Gasteiger partial charge on any atom is -0.497 e. The molecule has 0 atom stereocenters. The van der Waals surface area contributed by atoms with E-state index in [0.29, 0.717) is 11.9 Å². The van der Waals surface area contributed by atoms with E-state index in [4.69, 9.17) is 10.5 Å². The number of nitrogens with one attached hydrogen (secondary N) is 2. The van der Waals surface area contributed by atoms with Gasteiger partial charge in [0.05, 0.1) is 7.11 Å². The zero-order valence-corrected chi connectivity index (χ0v) is 10.7. The smallest absolute Gasteiger partial charge is 0.205 e. The predicted molar refractivity (Wildman–Crippen MR) is 72.9 cm³/mol. The molecule has 1 aliphatic rings. The number of hydrogen-bond donors (Lipinski definition) is 3. The first-order valence-electron chi connectivity index (χ1n) is 5.62. The van der Waals surface area contributed by atoms with Crippen LogP contribution in [0.2, 0.25) is 0 Å². The fraction of sp³-hybridized carbons (Fsp3) is 0.333. The molecule has 4 N–H and O–H groups in total. The van der Waals surface area contributed by atoms with Gasteiger partial charge in [-0.1, -0.05) is 6.07 Å². The largest absolute Gasteiger partial charge is 0.497 e. The first kappa shape index (κ1) is 12.2. The molecule has 0 fully saturated rings. The summed E-state index contributed by atoms with van der Waals surface area (Å²) in [4.78, 5) is 8.57. The van der Waals surface area contributed by atoms with Crippen molar-refractivity contribution in [3.8, 4) is 5.75 Å². The Hall–Kier alpha value is -2.24. The number of guanidine groups is 2. The highest BCUT2D eigenvalue weighted by Gasteiger charge is 2.21. The Morgan fingerprint density at radius 1 is 1.33 bits per heavy atom. The molecule has 0 aliphatic carbocycles. The summed E-state index contributed by atoms with van der Waals surface area (Å²) in [5.74, 6) is 1.69. The molecule has 1 aliphatic heterocycles. The molecule has 1 aromatic carbocycles. The molecule has 0 bridgehead atoms.